The maximum atomic E-state index is 2.45. The number of aryl methyl sites for hydroxylation is 2. The van der Waals surface area contributed by atoms with Gasteiger partial charge < -0.3 is 9.13 Å². The Morgan fingerprint density at radius 3 is 0.583 bits per heavy atom. The fourth-order valence-electron chi connectivity index (χ4n) is 18.8. The zero-order chi connectivity index (χ0) is 81.3. The van der Waals surface area contributed by atoms with E-state index in [9.17, 15) is 0 Å². The predicted octanol–water partition coefficient (Wildman–Crippen LogP) is 33.2. The van der Waals surface area contributed by atoms with E-state index in [1.807, 2.05) is 0 Å². The molecular formula is C118H94N2. The molecule has 0 radical (unpaired) electrons. The third kappa shape index (κ3) is 13.6. The van der Waals surface area contributed by atoms with E-state index in [1.54, 1.807) is 0 Å². The molecule has 0 unspecified atom stereocenters. The molecule has 576 valence electrons. The molecule has 2 heterocycles. The Morgan fingerprint density at radius 1 is 0.158 bits per heavy atom. The van der Waals surface area contributed by atoms with Crippen molar-refractivity contribution in [3.05, 3.63) is 412 Å². The van der Waals surface area contributed by atoms with Crippen molar-refractivity contribution in [3.63, 3.8) is 0 Å². The second-order valence-electron chi connectivity index (χ2n) is 34.4. The molecule has 0 atom stereocenters. The smallest absolute Gasteiger partial charge is 0.0491 e. The first-order valence-electron chi connectivity index (χ1n) is 42.5. The Hall–Kier alpha value is -14.2. The van der Waals surface area contributed by atoms with Gasteiger partial charge in [-0.15, -0.1) is 0 Å². The van der Waals surface area contributed by atoms with Gasteiger partial charge in [0, 0.05) is 56.7 Å². The lowest BCUT2D eigenvalue weighted by molar-refractivity contribution is 0.591. The molecular weight excluding hydrogens is 1450 g/mol. The van der Waals surface area contributed by atoms with Gasteiger partial charge in [-0.05, 0) is 274 Å². The van der Waals surface area contributed by atoms with Gasteiger partial charge in [0.15, 0.2) is 0 Å². The van der Waals surface area contributed by atoms with E-state index >= 15 is 0 Å². The molecule has 0 N–H and O–H groups in total. The molecule has 0 aliphatic rings. The van der Waals surface area contributed by atoms with Crippen molar-refractivity contribution in [3.8, 4) is 122 Å². The number of hydrogen-bond acceptors (Lipinski definition) is 0. The Morgan fingerprint density at radius 2 is 0.333 bits per heavy atom. The summed E-state index contributed by atoms with van der Waals surface area (Å²) in [5.41, 5.74) is 35.0. The van der Waals surface area contributed by atoms with Crippen LogP contribution in [0.2, 0.25) is 0 Å². The van der Waals surface area contributed by atoms with Gasteiger partial charge in [-0.1, -0.05) is 369 Å². The van der Waals surface area contributed by atoms with Crippen LogP contribution in [-0.4, -0.2) is 9.13 Å². The summed E-state index contributed by atoms with van der Waals surface area (Å²) in [7, 11) is 0. The maximum Gasteiger partial charge on any atom is 0.0491 e. The molecule has 2 heteroatoms. The van der Waals surface area contributed by atoms with Crippen LogP contribution in [0.25, 0.3) is 209 Å². The maximum absolute atomic E-state index is 2.45. The van der Waals surface area contributed by atoms with E-state index in [2.05, 4.69) is 465 Å². The van der Waals surface area contributed by atoms with Crippen LogP contribution in [0.4, 0.5) is 0 Å². The Kier molecular flexibility index (Phi) is 19.1. The standard InChI is InChI=1S/C62H49N.C56H45N/c1-5-63-58-35-31-50(37-54(58)55-40-51(62(2,3)4)32-36-59(55)63)45-23-27-47(28-24-45)61-53-34-30-48(42-17-11-7-12-18-42)38-56(53)60(46-25-21-44(22-26-46)41-15-9-6-10-16-41)52-33-29-49(39-57(52)61)43-19-13-8-14-20-43;1-5-57-52-31-27-44(33-48(52)49-36-45(56(2,3)4)28-32-53(49)57)39-21-23-41(24-22-39)55-47-30-26-42(37-15-9-6-10-16-37)34-50(47)54(40-19-13-8-14-20-40)46-29-25-43(35-51(46)55)38-17-11-7-12-18-38/h6-40H,5H2,1-4H3;6-36H,5H2,1-4H3. The van der Waals surface area contributed by atoms with Gasteiger partial charge in [-0.25, -0.2) is 0 Å². The van der Waals surface area contributed by atoms with Crippen molar-refractivity contribution in [2.75, 3.05) is 0 Å². The molecule has 0 aliphatic carbocycles. The highest BCUT2D eigenvalue weighted by Crippen LogP contribution is 2.50. The van der Waals surface area contributed by atoms with Crippen molar-refractivity contribution < 1.29 is 0 Å². The zero-order valence-corrected chi connectivity index (χ0v) is 69.4. The summed E-state index contributed by atoms with van der Waals surface area (Å²) in [4.78, 5) is 0. The normalized spacial score (nSPS) is 11.9. The van der Waals surface area contributed by atoms with Crippen LogP contribution in [0.3, 0.4) is 0 Å². The van der Waals surface area contributed by atoms with Crippen molar-refractivity contribution >= 4 is 86.7 Å². The zero-order valence-electron chi connectivity index (χ0n) is 69.4. The monoisotopic (exact) mass is 1540 g/mol. The number of aromatic nitrogens is 2. The van der Waals surface area contributed by atoms with E-state index in [1.165, 1.54) is 220 Å². The predicted molar refractivity (Wildman–Crippen MR) is 517 cm³/mol. The minimum atomic E-state index is 0.0762. The SMILES string of the molecule is CCn1c2ccc(-c3ccc(-c4c5ccc(-c6ccccc6)cc5c(-c5ccc(-c6ccccc6)cc5)c5ccc(-c6ccccc6)cc45)cc3)cc2c2cc(C(C)(C)C)ccc21.CCn1c2ccc(-c3ccc(-c4c5ccc(-c6ccccc6)cc5c(-c5ccccc5)c5ccc(-c6ccccc6)cc45)cc3)cc2c2cc(C(C)(C)C)ccc21. The molecule has 0 saturated carbocycles. The number of nitrogens with zero attached hydrogens (tertiary/aromatic N) is 2. The van der Waals surface area contributed by atoms with E-state index < -0.39 is 0 Å². The Balaban J connectivity index is 0.000000154. The first kappa shape index (κ1) is 74.6. The lowest BCUT2D eigenvalue weighted by Crippen LogP contribution is -2.10. The quantitative estimate of drug-likeness (QED) is 0.102. The largest absolute Gasteiger partial charge is 0.341 e. The highest BCUT2D eigenvalue weighted by molar-refractivity contribution is 6.25. The summed E-state index contributed by atoms with van der Waals surface area (Å²) in [5.74, 6) is 0. The first-order chi connectivity index (χ1) is 58.7. The second kappa shape index (κ2) is 30.7. The van der Waals surface area contributed by atoms with Gasteiger partial charge in [0.2, 0.25) is 0 Å². The lowest BCUT2D eigenvalue weighted by Gasteiger charge is -2.20. The highest BCUT2D eigenvalue weighted by Gasteiger charge is 2.25. The third-order valence-corrected chi connectivity index (χ3v) is 25.1. The lowest BCUT2D eigenvalue weighted by atomic mass is 9.83. The molecule has 0 bridgehead atoms. The van der Waals surface area contributed by atoms with Crippen LogP contribution < -0.4 is 0 Å². The van der Waals surface area contributed by atoms with Crippen molar-refractivity contribution in [1.82, 2.24) is 9.13 Å². The summed E-state index contributed by atoms with van der Waals surface area (Å²) < 4.78 is 4.90. The summed E-state index contributed by atoms with van der Waals surface area (Å²) in [6.45, 7) is 20.2. The van der Waals surface area contributed by atoms with Gasteiger partial charge in [0.25, 0.3) is 0 Å². The molecule has 0 spiro atoms. The molecule has 0 amide bonds. The first-order valence-corrected chi connectivity index (χ1v) is 42.5. The average Bonchev–Trinajstić information content (AvgIpc) is 1.13. The van der Waals surface area contributed by atoms with E-state index in [4.69, 9.17) is 0 Å². The van der Waals surface area contributed by atoms with Crippen molar-refractivity contribution in [1.29, 1.82) is 0 Å². The number of benzene rings is 19. The van der Waals surface area contributed by atoms with E-state index in [-0.39, 0.29) is 10.8 Å². The van der Waals surface area contributed by atoms with E-state index in [0.717, 1.165) is 13.1 Å². The van der Waals surface area contributed by atoms with Gasteiger partial charge in [-0.3, -0.25) is 0 Å². The number of rotatable bonds is 13. The van der Waals surface area contributed by atoms with Crippen LogP contribution >= 0.6 is 0 Å². The second-order valence-corrected chi connectivity index (χ2v) is 34.4. The van der Waals surface area contributed by atoms with Gasteiger partial charge >= 0.3 is 0 Å². The summed E-state index contributed by atoms with van der Waals surface area (Å²) in [6.07, 6.45) is 0. The fraction of sp³-hybridized carbons (Fsp3) is 0.102. The molecule has 0 fully saturated rings. The number of hydrogen-bond donors (Lipinski definition) is 0. The summed E-state index contributed by atoms with van der Waals surface area (Å²) >= 11 is 0. The van der Waals surface area contributed by atoms with Crippen LogP contribution in [0.5, 0.6) is 0 Å². The van der Waals surface area contributed by atoms with Crippen LogP contribution in [0, 0.1) is 0 Å². The molecule has 2 aromatic heterocycles. The average molecular weight is 1540 g/mol. The Bertz CT molecular complexity index is 7450. The highest BCUT2D eigenvalue weighted by atomic mass is 15.0. The number of fused-ring (bicyclic) bond motifs is 10. The molecule has 120 heavy (non-hydrogen) atoms. The molecule has 0 aliphatic heterocycles. The van der Waals surface area contributed by atoms with Crippen LogP contribution in [0.15, 0.2) is 400 Å². The topological polar surface area (TPSA) is 9.86 Å². The molecule has 21 rings (SSSR count). The van der Waals surface area contributed by atoms with Crippen molar-refractivity contribution in [2.24, 2.45) is 0 Å². The minimum absolute atomic E-state index is 0.0762. The van der Waals surface area contributed by atoms with Gasteiger partial charge in [0.1, 0.15) is 0 Å². The minimum Gasteiger partial charge on any atom is -0.341 e. The van der Waals surface area contributed by atoms with Gasteiger partial charge in [0.05, 0.1) is 0 Å². The van der Waals surface area contributed by atoms with Crippen LogP contribution in [-0.2, 0) is 23.9 Å². The van der Waals surface area contributed by atoms with Crippen LogP contribution in [0.1, 0.15) is 66.5 Å². The molecule has 21 aromatic rings. The van der Waals surface area contributed by atoms with Crippen molar-refractivity contribution in [2.45, 2.75) is 79.3 Å². The molecule has 19 aromatic carbocycles. The molecule has 2 nitrogen and oxygen atoms in total. The van der Waals surface area contributed by atoms with Gasteiger partial charge in [-0.2, -0.15) is 0 Å². The summed E-state index contributed by atoms with van der Waals surface area (Å²) in [6, 6.07) is 149. The Labute approximate surface area is 704 Å². The molecule has 0 saturated heterocycles. The fourth-order valence-corrected chi connectivity index (χ4v) is 18.8. The summed E-state index contributed by atoms with van der Waals surface area (Å²) in [5, 5.41) is 15.3. The third-order valence-electron chi connectivity index (χ3n) is 25.1. The van der Waals surface area contributed by atoms with E-state index in [0.29, 0.717) is 0 Å².